The van der Waals surface area contributed by atoms with E-state index in [9.17, 15) is 0 Å². The molecule has 130 valence electrons. The van der Waals surface area contributed by atoms with E-state index in [2.05, 4.69) is 45.9 Å². The van der Waals surface area contributed by atoms with Crippen molar-refractivity contribution in [3.8, 4) is 0 Å². The van der Waals surface area contributed by atoms with Gasteiger partial charge in [0.15, 0.2) is 0 Å². The Bertz CT molecular complexity index is 871. The van der Waals surface area contributed by atoms with Crippen molar-refractivity contribution in [1.82, 2.24) is 10.3 Å². The van der Waals surface area contributed by atoms with E-state index in [0.717, 1.165) is 48.7 Å². The number of rotatable bonds is 3. The van der Waals surface area contributed by atoms with Crippen LogP contribution in [0.25, 0.3) is 10.9 Å². The molecule has 4 rings (SSSR count). The minimum atomic E-state index is 0. The van der Waals surface area contributed by atoms with Crippen LogP contribution in [-0.2, 0) is 19.4 Å². The van der Waals surface area contributed by atoms with Gasteiger partial charge in [0.1, 0.15) is 0 Å². The first-order valence-electron chi connectivity index (χ1n) is 8.40. The Balaban J connectivity index is 0.00000182. The average Bonchev–Trinajstić information content (AvgIpc) is 2.86. The lowest BCUT2D eigenvalue weighted by molar-refractivity contribution is 0.711. The van der Waals surface area contributed by atoms with Crippen molar-refractivity contribution in [2.45, 2.75) is 26.8 Å². The maximum Gasteiger partial charge on any atom is 0.0751 e. The molecule has 1 aliphatic heterocycles. The molecular formula is C21H24ClN3. The zero-order valence-electron chi connectivity index (χ0n) is 13.5. The standard InChI is InChI=1S/C20H20ClN3.CH4/c21-18-7-6-14-8-11-22-12-9-17(14)20(18)24-13-16-4-1-3-15-5-2-10-23-19(15)16;/h1-7,10,22,24H,8-9,11-13H2;1H4. The maximum absolute atomic E-state index is 6.50. The van der Waals surface area contributed by atoms with Gasteiger partial charge < -0.3 is 10.6 Å². The quantitative estimate of drug-likeness (QED) is 0.708. The minimum Gasteiger partial charge on any atom is -0.379 e. The largest absolute Gasteiger partial charge is 0.379 e. The third kappa shape index (κ3) is 3.63. The van der Waals surface area contributed by atoms with Crippen LogP contribution in [0.15, 0.2) is 48.7 Å². The lowest BCUT2D eigenvalue weighted by Crippen LogP contribution is -2.16. The zero-order chi connectivity index (χ0) is 16.4. The van der Waals surface area contributed by atoms with Gasteiger partial charge in [0.25, 0.3) is 0 Å². The summed E-state index contributed by atoms with van der Waals surface area (Å²) in [5.41, 5.74) is 6.05. The molecule has 0 atom stereocenters. The van der Waals surface area contributed by atoms with E-state index in [1.54, 1.807) is 0 Å². The number of aromatic nitrogens is 1. The van der Waals surface area contributed by atoms with Crippen LogP contribution >= 0.6 is 11.6 Å². The molecule has 2 heterocycles. The van der Waals surface area contributed by atoms with Gasteiger partial charge in [-0.15, -0.1) is 0 Å². The van der Waals surface area contributed by atoms with E-state index in [0.29, 0.717) is 0 Å². The van der Waals surface area contributed by atoms with E-state index < -0.39 is 0 Å². The monoisotopic (exact) mass is 353 g/mol. The fraction of sp³-hybridized carbons (Fsp3) is 0.286. The first-order chi connectivity index (χ1) is 11.8. The number of halogens is 1. The van der Waals surface area contributed by atoms with Crippen molar-refractivity contribution in [3.05, 3.63) is 70.4 Å². The molecule has 2 aromatic carbocycles. The molecule has 0 saturated carbocycles. The molecule has 0 saturated heterocycles. The Kier molecular flexibility index (Phi) is 5.57. The van der Waals surface area contributed by atoms with Crippen LogP contribution < -0.4 is 10.6 Å². The summed E-state index contributed by atoms with van der Waals surface area (Å²) >= 11 is 6.50. The number of nitrogens with one attached hydrogen (secondary N) is 2. The van der Waals surface area contributed by atoms with Gasteiger partial charge in [0.05, 0.1) is 16.2 Å². The molecule has 1 aromatic heterocycles. The number of benzene rings is 2. The van der Waals surface area contributed by atoms with E-state index in [1.807, 2.05) is 18.3 Å². The van der Waals surface area contributed by atoms with E-state index in [-0.39, 0.29) is 7.43 Å². The van der Waals surface area contributed by atoms with Crippen LogP contribution in [0.4, 0.5) is 5.69 Å². The zero-order valence-corrected chi connectivity index (χ0v) is 14.2. The summed E-state index contributed by atoms with van der Waals surface area (Å²) in [5, 5.41) is 9.00. The highest BCUT2D eigenvalue weighted by molar-refractivity contribution is 6.33. The van der Waals surface area contributed by atoms with Crippen LogP contribution in [0.1, 0.15) is 24.1 Å². The lowest BCUT2D eigenvalue weighted by Gasteiger charge is -2.16. The van der Waals surface area contributed by atoms with Crippen molar-refractivity contribution in [2.75, 3.05) is 18.4 Å². The Morgan fingerprint density at radius 3 is 2.80 bits per heavy atom. The second kappa shape index (κ2) is 7.85. The summed E-state index contributed by atoms with van der Waals surface area (Å²) in [6.07, 6.45) is 3.90. The molecule has 0 spiro atoms. The predicted molar refractivity (Wildman–Crippen MR) is 108 cm³/mol. The third-order valence-electron chi connectivity index (χ3n) is 4.65. The van der Waals surface area contributed by atoms with Gasteiger partial charge in [-0.3, -0.25) is 4.98 Å². The summed E-state index contributed by atoms with van der Waals surface area (Å²) in [4.78, 5) is 4.54. The number of hydrogen-bond donors (Lipinski definition) is 2. The van der Waals surface area contributed by atoms with Crippen molar-refractivity contribution < 1.29 is 0 Å². The maximum atomic E-state index is 6.50. The molecule has 4 heteroatoms. The Hall–Kier alpha value is -2.10. The molecule has 3 nitrogen and oxygen atoms in total. The molecule has 0 radical (unpaired) electrons. The van der Waals surface area contributed by atoms with Crippen LogP contribution in [0.2, 0.25) is 5.02 Å². The third-order valence-corrected chi connectivity index (χ3v) is 4.97. The van der Waals surface area contributed by atoms with E-state index >= 15 is 0 Å². The van der Waals surface area contributed by atoms with Crippen molar-refractivity contribution in [3.63, 3.8) is 0 Å². The number of hydrogen-bond acceptors (Lipinski definition) is 3. The minimum absolute atomic E-state index is 0. The molecule has 1 aliphatic rings. The molecule has 0 amide bonds. The summed E-state index contributed by atoms with van der Waals surface area (Å²) in [7, 11) is 0. The van der Waals surface area contributed by atoms with E-state index in [1.165, 1.54) is 22.1 Å². The molecule has 25 heavy (non-hydrogen) atoms. The highest BCUT2D eigenvalue weighted by Gasteiger charge is 2.15. The molecular weight excluding hydrogens is 330 g/mol. The number of fused-ring (bicyclic) bond motifs is 2. The van der Waals surface area contributed by atoms with Crippen LogP contribution in [0.3, 0.4) is 0 Å². The molecule has 0 fully saturated rings. The van der Waals surface area contributed by atoms with Crippen molar-refractivity contribution in [1.29, 1.82) is 0 Å². The Morgan fingerprint density at radius 1 is 1.04 bits per heavy atom. The van der Waals surface area contributed by atoms with Gasteiger partial charge >= 0.3 is 0 Å². The molecule has 2 N–H and O–H groups in total. The smallest absolute Gasteiger partial charge is 0.0751 e. The highest BCUT2D eigenvalue weighted by Crippen LogP contribution is 2.31. The summed E-state index contributed by atoms with van der Waals surface area (Å²) in [5.74, 6) is 0. The Labute approximate surface area is 154 Å². The van der Waals surface area contributed by atoms with Gasteiger partial charge in [-0.2, -0.15) is 0 Å². The molecule has 0 aliphatic carbocycles. The summed E-state index contributed by atoms with van der Waals surface area (Å²) in [6.45, 7) is 2.75. The van der Waals surface area contributed by atoms with Gasteiger partial charge in [-0.25, -0.2) is 0 Å². The van der Waals surface area contributed by atoms with Gasteiger partial charge in [-0.05, 0) is 54.8 Å². The summed E-state index contributed by atoms with van der Waals surface area (Å²) < 4.78 is 0. The lowest BCUT2D eigenvalue weighted by atomic mass is 10.0. The van der Waals surface area contributed by atoms with Gasteiger partial charge in [0.2, 0.25) is 0 Å². The van der Waals surface area contributed by atoms with Gasteiger partial charge in [-0.1, -0.05) is 49.4 Å². The summed E-state index contributed by atoms with van der Waals surface area (Å²) in [6, 6.07) is 14.5. The van der Waals surface area contributed by atoms with Crippen LogP contribution in [-0.4, -0.2) is 18.1 Å². The Morgan fingerprint density at radius 2 is 1.88 bits per heavy atom. The van der Waals surface area contributed by atoms with Gasteiger partial charge in [0, 0.05) is 18.1 Å². The van der Waals surface area contributed by atoms with E-state index in [4.69, 9.17) is 11.6 Å². The van der Waals surface area contributed by atoms with Crippen molar-refractivity contribution >= 4 is 28.2 Å². The normalized spacial score (nSPS) is 13.6. The molecule has 0 unspecified atom stereocenters. The van der Waals surface area contributed by atoms with Crippen LogP contribution in [0, 0.1) is 0 Å². The number of anilines is 1. The second-order valence-corrected chi connectivity index (χ2v) is 6.56. The second-order valence-electron chi connectivity index (χ2n) is 6.16. The first kappa shape index (κ1) is 17.7. The topological polar surface area (TPSA) is 37.0 Å². The van der Waals surface area contributed by atoms with Crippen molar-refractivity contribution in [2.24, 2.45) is 0 Å². The number of nitrogens with zero attached hydrogens (tertiary/aromatic N) is 1. The molecule has 0 bridgehead atoms. The molecule has 3 aromatic rings. The fourth-order valence-corrected chi connectivity index (χ4v) is 3.67. The first-order valence-corrected chi connectivity index (χ1v) is 8.78. The predicted octanol–water partition coefficient (Wildman–Crippen LogP) is 4.82. The average molecular weight is 354 g/mol. The highest BCUT2D eigenvalue weighted by atomic mass is 35.5. The SMILES string of the molecule is C.Clc1ccc2c(c1NCc1cccc3cccnc13)CCNCC2. The number of para-hydroxylation sites is 1. The number of pyridine rings is 1. The van der Waals surface area contributed by atoms with Crippen LogP contribution in [0.5, 0.6) is 0 Å². The fourth-order valence-electron chi connectivity index (χ4n) is 3.43.